The molecule has 22 heavy (non-hydrogen) atoms. The Hall–Kier alpha value is -1.36. The largest absolute Gasteiger partial charge is 0.294 e. The van der Waals surface area contributed by atoms with Crippen LogP contribution in [-0.2, 0) is 19.4 Å². The molecule has 0 amide bonds. The van der Waals surface area contributed by atoms with Crippen molar-refractivity contribution in [2.45, 2.75) is 25.8 Å². The van der Waals surface area contributed by atoms with Crippen molar-refractivity contribution in [1.29, 1.82) is 0 Å². The second-order valence-electron chi connectivity index (χ2n) is 5.42. The standard InChI is InChI=1S/C16H12Cl2N2OS/c17-11-4-2-5-12(18)10(11)7-20-8-19-15-14(16(20)21)9-3-1-6-13(9)22-15/h2,4-5,8H,1,3,6-7H2. The Morgan fingerprint density at radius 2 is 2.00 bits per heavy atom. The summed E-state index contributed by atoms with van der Waals surface area (Å²) in [5.74, 6) is 0. The minimum Gasteiger partial charge on any atom is -0.294 e. The number of hydrogen-bond donors (Lipinski definition) is 0. The van der Waals surface area contributed by atoms with E-state index in [0.717, 1.165) is 35.0 Å². The number of aromatic nitrogens is 2. The minimum absolute atomic E-state index is 0.000358. The Balaban J connectivity index is 1.86. The fourth-order valence-corrected chi connectivity index (χ4v) is 4.72. The molecule has 2 heterocycles. The van der Waals surface area contributed by atoms with Crippen molar-refractivity contribution in [3.63, 3.8) is 0 Å². The van der Waals surface area contributed by atoms with E-state index in [9.17, 15) is 4.79 Å². The number of benzene rings is 1. The second kappa shape index (κ2) is 5.37. The zero-order valence-corrected chi connectivity index (χ0v) is 13.9. The summed E-state index contributed by atoms with van der Waals surface area (Å²) in [5.41, 5.74) is 1.94. The maximum Gasteiger partial charge on any atom is 0.262 e. The number of hydrogen-bond acceptors (Lipinski definition) is 3. The van der Waals surface area contributed by atoms with E-state index in [1.54, 1.807) is 40.4 Å². The number of rotatable bonds is 2. The van der Waals surface area contributed by atoms with Crippen LogP contribution in [-0.4, -0.2) is 9.55 Å². The molecule has 6 heteroatoms. The number of thiophene rings is 1. The Kier molecular flexibility index (Phi) is 3.48. The molecule has 0 bridgehead atoms. The summed E-state index contributed by atoms with van der Waals surface area (Å²) in [7, 11) is 0. The predicted molar refractivity (Wildman–Crippen MR) is 91.5 cm³/mol. The fourth-order valence-electron chi connectivity index (χ4n) is 2.99. The van der Waals surface area contributed by atoms with Gasteiger partial charge in [0.25, 0.3) is 5.56 Å². The first-order chi connectivity index (χ1) is 10.6. The molecule has 4 rings (SSSR count). The van der Waals surface area contributed by atoms with Gasteiger partial charge in [-0.3, -0.25) is 9.36 Å². The van der Waals surface area contributed by atoms with Crippen LogP contribution in [0.15, 0.2) is 29.3 Å². The monoisotopic (exact) mass is 350 g/mol. The van der Waals surface area contributed by atoms with E-state index in [2.05, 4.69) is 4.98 Å². The van der Waals surface area contributed by atoms with Crippen molar-refractivity contribution in [2.75, 3.05) is 0 Å². The van der Waals surface area contributed by atoms with Gasteiger partial charge in [0.2, 0.25) is 0 Å². The zero-order chi connectivity index (χ0) is 15.3. The Bertz CT molecular complexity index is 925. The predicted octanol–water partition coefficient (Wildman–Crippen LogP) is 4.30. The second-order valence-corrected chi connectivity index (χ2v) is 7.31. The van der Waals surface area contributed by atoms with Crippen molar-refractivity contribution in [3.05, 3.63) is 60.9 Å². The molecule has 0 unspecified atom stereocenters. The molecular weight excluding hydrogens is 339 g/mol. The highest BCUT2D eigenvalue weighted by atomic mass is 35.5. The van der Waals surface area contributed by atoms with Gasteiger partial charge in [0.05, 0.1) is 18.3 Å². The van der Waals surface area contributed by atoms with Crippen molar-refractivity contribution < 1.29 is 0 Å². The van der Waals surface area contributed by atoms with Crippen molar-refractivity contribution in [3.8, 4) is 0 Å². The first kappa shape index (κ1) is 14.2. The highest BCUT2D eigenvalue weighted by Gasteiger charge is 2.21. The van der Waals surface area contributed by atoms with Gasteiger partial charge in [0, 0.05) is 20.5 Å². The van der Waals surface area contributed by atoms with Crippen molar-refractivity contribution >= 4 is 44.8 Å². The van der Waals surface area contributed by atoms with E-state index in [0.29, 0.717) is 16.6 Å². The summed E-state index contributed by atoms with van der Waals surface area (Å²) in [5, 5.41) is 1.91. The first-order valence-corrected chi connectivity index (χ1v) is 8.65. The third kappa shape index (κ3) is 2.18. The summed E-state index contributed by atoms with van der Waals surface area (Å²) < 4.78 is 1.60. The maximum absolute atomic E-state index is 12.8. The van der Waals surface area contributed by atoms with Crippen LogP contribution in [0.5, 0.6) is 0 Å². The van der Waals surface area contributed by atoms with Crippen LogP contribution in [0, 0.1) is 0 Å². The third-order valence-corrected chi connectivity index (χ3v) is 5.99. The first-order valence-electron chi connectivity index (χ1n) is 7.07. The van der Waals surface area contributed by atoms with Crippen LogP contribution in [0.3, 0.4) is 0 Å². The lowest BCUT2D eigenvalue weighted by Crippen LogP contribution is -2.21. The van der Waals surface area contributed by atoms with Gasteiger partial charge in [-0.15, -0.1) is 11.3 Å². The SMILES string of the molecule is O=c1c2c3c(sc2ncn1Cc1c(Cl)cccc1Cl)CCC3. The molecule has 0 radical (unpaired) electrons. The van der Waals surface area contributed by atoms with Gasteiger partial charge < -0.3 is 0 Å². The number of aryl methyl sites for hydroxylation is 2. The van der Waals surface area contributed by atoms with Crippen LogP contribution in [0.2, 0.25) is 10.0 Å². The van der Waals surface area contributed by atoms with Crippen LogP contribution in [0.4, 0.5) is 0 Å². The van der Waals surface area contributed by atoms with E-state index in [-0.39, 0.29) is 5.56 Å². The molecule has 0 aliphatic heterocycles. The molecule has 0 spiro atoms. The van der Waals surface area contributed by atoms with Crippen molar-refractivity contribution in [1.82, 2.24) is 9.55 Å². The molecule has 0 fully saturated rings. The van der Waals surface area contributed by atoms with Gasteiger partial charge in [0.1, 0.15) is 4.83 Å². The Morgan fingerprint density at radius 1 is 1.23 bits per heavy atom. The summed E-state index contributed by atoms with van der Waals surface area (Å²) in [6, 6.07) is 5.36. The Labute approximate surface area is 141 Å². The van der Waals surface area contributed by atoms with Gasteiger partial charge in [-0.05, 0) is 37.0 Å². The van der Waals surface area contributed by atoms with Crippen LogP contribution >= 0.6 is 34.5 Å². The molecule has 0 saturated carbocycles. The normalized spacial score (nSPS) is 13.7. The van der Waals surface area contributed by atoms with E-state index in [1.165, 1.54) is 10.4 Å². The summed E-state index contributed by atoms with van der Waals surface area (Å²) >= 11 is 14.1. The average molecular weight is 351 g/mol. The van der Waals surface area contributed by atoms with Gasteiger partial charge in [-0.25, -0.2) is 4.98 Å². The van der Waals surface area contributed by atoms with Gasteiger partial charge in [-0.1, -0.05) is 29.3 Å². The lowest BCUT2D eigenvalue weighted by Gasteiger charge is -2.09. The lowest BCUT2D eigenvalue weighted by atomic mass is 10.2. The van der Waals surface area contributed by atoms with Gasteiger partial charge in [0.15, 0.2) is 0 Å². The highest BCUT2D eigenvalue weighted by Crippen LogP contribution is 2.34. The zero-order valence-electron chi connectivity index (χ0n) is 11.6. The number of fused-ring (bicyclic) bond motifs is 3. The molecule has 3 aromatic rings. The molecule has 0 N–H and O–H groups in total. The summed E-state index contributed by atoms with van der Waals surface area (Å²) in [6.45, 7) is 0.338. The Morgan fingerprint density at radius 3 is 2.77 bits per heavy atom. The molecule has 3 nitrogen and oxygen atoms in total. The third-order valence-electron chi connectivity index (χ3n) is 4.08. The molecule has 0 saturated heterocycles. The van der Waals surface area contributed by atoms with Crippen LogP contribution < -0.4 is 5.56 Å². The van der Waals surface area contributed by atoms with Crippen LogP contribution in [0.1, 0.15) is 22.4 Å². The highest BCUT2D eigenvalue weighted by molar-refractivity contribution is 7.18. The molecular formula is C16H12Cl2N2OS. The number of halogens is 2. The molecule has 0 atom stereocenters. The number of nitrogens with zero attached hydrogens (tertiary/aromatic N) is 2. The van der Waals surface area contributed by atoms with Gasteiger partial charge >= 0.3 is 0 Å². The minimum atomic E-state index is 0.000358. The molecule has 1 aromatic carbocycles. The topological polar surface area (TPSA) is 34.9 Å². The quantitative estimate of drug-likeness (QED) is 0.690. The maximum atomic E-state index is 12.8. The lowest BCUT2D eigenvalue weighted by molar-refractivity contribution is 0.748. The molecule has 1 aliphatic rings. The molecule has 2 aromatic heterocycles. The van der Waals surface area contributed by atoms with E-state index >= 15 is 0 Å². The smallest absolute Gasteiger partial charge is 0.262 e. The van der Waals surface area contributed by atoms with E-state index in [1.807, 2.05) is 0 Å². The molecule has 112 valence electrons. The van der Waals surface area contributed by atoms with Crippen LogP contribution in [0.25, 0.3) is 10.2 Å². The van der Waals surface area contributed by atoms with Gasteiger partial charge in [-0.2, -0.15) is 0 Å². The fraction of sp³-hybridized carbons (Fsp3) is 0.250. The summed E-state index contributed by atoms with van der Waals surface area (Å²) in [4.78, 5) is 19.4. The molecule has 1 aliphatic carbocycles. The van der Waals surface area contributed by atoms with Crippen molar-refractivity contribution in [2.24, 2.45) is 0 Å². The van der Waals surface area contributed by atoms with E-state index in [4.69, 9.17) is 23.2 Å². The van der Waals surface area contributed by atoms with E-state index < -0.39 is 0 Å². The summed E-state index contributed by atoms with van der Waals surface area (Å²) in [6.07, 6.45) is 4.76. The average Bonchev–Trinajstić information content (AvgIpc) is 3.05.